The Kier molecular flexibility index (Phi) is 6.91. The summed E-state index contributed by atoms with van der Waals surface area (Å²) in [6.07, 6.45) is 1.43. The minimum absolute atomic E-state index is 0.0381. The molecule has 3 N–H and O–H groups in total. The van der Waals surface area contributed by atoms with Gasteiger partial charge in [-0.3, -0.25) is 9.59 Å². The maximum Gasteiger partial charge on any atom is 0.255 e. The third kappa shape index (κ3) is 5.41. The highest BCUT2D eigenvalue weighted by atomic mass is 32.2. The van der Waals surface area contributed by atoms with Crippen LogP contribution < -0.4 is 20.1 Å². The number of nitrogens with one attached hydrogen (secondary N) is 3. The number of amides is 2. The van der Waals surface area contributed by atoms with Crippen molar-refractivity contribution in [2.24, 2.45) is 0 Å². The molecule has 0 atom stereocenters. The molecule has 0 unspecified atom stereocenters. The second kappa shape index (κ2) is 9.16. The number of carbonyl (C=O) groups is 2. The average molecular weight is 403 g/mol. The molecule has 0 aliphatic heterocycles. The molecule has 0 aliphatic rings. The summed E-state index contributed by atoms with van der Waals surface area (Å²) in [5.41, 5.74) is 1.12. The first kappa shape index (κ1) is 21.1. The van der Waals surface area contributed by atoms with Crippen molar-refractivity contribution in [2.75, 3.05) is 24.3 Å². The monoisotopic (exact) mass is 403 g/mol. The van der Waals surface area contributed by atoms with Crippen molar-refractivity contribution in [1.29, 1.82) is 0 Å². The fraction of sp³-hybridized carbons (Fsp3) is 0.158. The van der Waals surface area contributed by atoms with Crippen LogP contribution in [0.1, 0.15) is 17.3 Å². The summed E-state index contributed by atoms with van der Waals surface area (Å²) >= 11 is 0. The predicted octanol–water partition coefficient (Wildman–Crippen LogP) is 2.37. The van der Waals surface area contributed by atoms with E-state index in [4.69, 9.17) is 4.74 Å². The average Bonchev–Trinajstić information content (AvgIpc) is 2.66. The van der Waals surface area contributed by atoms with Gasteiger partial charge in [0.15, 0.2) is 0 Å². The minimum Gasteiger partial charge on any atom is -0.495 e. The molecule has 0 spiro atoms. The lowest BCUT2D eigenvalue weighted by Crippen LogP contribution is -2.23. The fourth-order valence-electron chi connectivity index (χ4n) is 2.32. The molecule has 9 heteroatoms. The largest absolute Gasteiger partial charge is 0.495 e. The van der Waals surface area contributed by atoms with Gasteiger partial charge >= 0.3 is 0 Å². The summed E-state index contributed by atoms with van der Waals surface area (Å²) < 4.78 is 31.7. The molecule has 2 amide bonds. The Morgan fingerprint density at radius 1 is 1.11 bits per heavy atom. The Bertz CT molecular complexity index is 985. The van der Waals surface area contributed by atoms with Crippen LogP contribution in [0.5, 0.6) is 5.75 Å². The van der Waals surface area contributed by atoms with Crippen LogP contribution in [-0.2, 0) is 14.8 Å². The van der Waals surface area contributed by atoms with E-state index in [9.17, 15) is 18.0 Å². The highest BCUT2D eigenvalue weighted by Crippen LogP contribution is 2.28. The number of anilines is 2. The van der Waals surface area contributed by atoms with E-state index in [-0.39, 0.29) is 22.9 Å². The number of carbonyl (C=O) groups excluding carboxylic acids is 2. The lowest BCUT2D eigenvalue weighted by Gasteiger charge is -2.13. The molecule has 2 aromatic rings. The minimum atomic E-state index is -3.66. The molecule has 0 saturated carbocycles. The molecular weight excluding hydrogens is 382 g/mol. The smallest absolute Gasteiger partial charge is 0.255 e. The van der Waals surface area contributed by atoms with Gasteiger partial charge in [-0.05, 0) is 42.5 Å². The Labute approximate surface area is 163 Å². The van der Waals surface area contributed by atoms with Crippen molar-refractivity contribution < 1.29 is 22.7 Å². The maximum absolute atomic E-state index is 12.5. The summed E-state index contributed by atoms with van der Waals surface area (Å²) in [5.74, 6) is -0.291. The van der Waals surface area contributed by atoms with E-state index in [1.165, 1.54) is 44.4 Å². The Balaban J connectivity index is 2.21. The zero-order valence-electron chi connectivity index (χ0n) is 15.5. The van der Waals surface area contributed by atoms with Crippen LogP contribution in [0.4, 0.5) is 11.4 Å². The molecular formula is C19H21N3O5S. The second-order valence-electron chi connectivity index (χ2n) is 5.72. The molecule has 0 fully saturated rings. The van der Waals surface area contributed by atoms with Crippen molar-refractivity contribution >= 4 is 33.2 Å². The second-order valence-corrected chi connectivity index (χ2v) is 7.48. The summed E-state index contributed by atoms with van der Waals surface area (Å²) in [4.78, 5) is 23.8. The first-order valence-corrected chi connectivity index (χ1v) is 9.72. The van der Waals surface area contributed by atoms with Crippen LogP contribution >= 0.6 is 0 Å². The first-order valence-electron chi connectivity index (χ1n) is 8.24. The number of sulfonamides is 1. The molecule has 8 nitrogen and oxygen atoms in total. The van der Waals surface area contributed by atoms with Crippen molar-refractivity contribution in [3.63, 3.8) is 0 Å². The number of hydrogen-bond acceptors (Lipinski definition) is 5. The van der Waals surface area contributed by atoms with Crippen LogP contribution in [0.15, 0.2) is 60.0 Å². The van der Waals surface area contributed by atoms with Gasteiger partial charge in [0.25, 0.3) is 5.91 Å². The Hall–Kier alpha value is -3.17. The van der Waals surface area contributed by atoms with Crippen molar-refractivity contribution in [1.82, 2.24) is 4.72 Å². The SMILES string of the molecule is C=CCNS(=O)(=O)c1ccc(C(=O)Nc2cc(NC(C)=O)ccc2OC)cc1. The van der Waals surface area contributed by atoms with E-state index in [0.29, 0.717) is 17.1 Å². The van der Waals surface area contributed by atoms with E-state index in [2.05, 4.69) is 21.9 Å². The number of benzene rings is 2. The normalized spacial score (nSPS) is 10.8. The zero-order valence-corrected chi connectivity index (χ0v) is 16.3. The van der Waals surface area contributed by atoms with E-state index < -0.39 is 15.9 Å². The number of methoxy groups -OCH3 is 1. The molecule has 148 valence electrons. The number of rotatable bonds is 8. The van der Waals surface area contributed by atoms with Crippen LogP contribution in [0.2, 0.25) is 0 Å². The van der Waals surface area contributed by atoms with Gasteiger partial charge in [-0.15, -0.1) is 6.58 Å². The van der Waals surface area contributed by atoms with Crippen LogP contribution in [0, 0.1) is 0 Å². The first-order chi connectivity index (χ1) is 13.3. The zero-order chi connectivity index (χ0) is 20.7. The van der Waals surface area contributed by atoms with Gasteiger partial charge in [0.05, 0.1) is 17.7 Å². The standard InChI is InChI=1S/C19H21N3O5S/c1-4-11-20-28(25,26)16-8-5-14(6-9-16)19(24)22-17-12-15(21-13(2)23)7-10-18(17)27-3/h4-10,12,20H,1,11H2,2-3H3,(H,21,23)(H,22,24). The summed E-state index contributed by atoms with van der Waals surface area (Å²) in [6.45, 7) is 4.94. The van der Waals surface area contributed by atoms with Crippen LogP contribution in [0.25, 0.3) is 0 Å². The predicted molar refractivity (Wildman–Crippen MR) is 107 cm³/mol. The summed E-state index contributed by atoms with van der Waals surface area (Å²) in [5, 5.41) is 5.31. The molecule has 0 aromatic heterocycles. The highest BCUT2D eigenvalue weighted by Gasteiger charge is 2.15. The summed E-state index contributed by atoms with van der Waals surface area (Å²) in [6, 6.07) is 10.3. The van der Waals surface area contributed by atoms with Gasteiger partial charge in [0.2, 0.25) is 15.9 Å². The van der Waals surface area contributed by atoms with Gasteiger partial charge in [0, 0.05) is 24.7 Å². The van der Waals surface area contributed by atoms with Crippen molar-refractivity contribution in [3.05, 3.63) is 60.7 Å². The topological polar surface area (TPSA) is 114 Å². The molecule has 0 saturated heterocycles. The van der Waals surface area contributed by atoms with Crippen molar-refractivity contribution in [3.8, 4) is 5.75 Å². The third-order valence-corrected chi connectivity index (χ3v) is 5.05. The van der Waals surface area contributed by atoms with Gasteiger partial charge in [-0.1, -0.05) is 6.08 Å². The molecule has 0 bridgehead atoms. The van der Waals surface area contributed by atoms with Crippen molar-refractivity contribution in [2.45, 2.75) is 11.8 Å². The maximum atomic E-state index is 12.5. The highest BCUT2D eigenvalue weighted by molar-refractivity contribution is 7.89. The fourth-order valence-corrected chi connectivity index (χ4v) is 3.32. The number of hydrogen-bond donors (Lipinski definition) is 3. The number of ether oxygens (including phenoxy) is 1. The van der Waals surface area contributed by atoms with Gasteiger partial charge in [-0.25, -0.2) is 13.1 Å². The van der Waals surface area contributed by atoms with E-state index >= 15 is 0 Å². The molecule has 0 heterocycles. The molecule has 28 heavy (non-hydrogen) atoms. The lowest BCUT2D eigenvalue weighted by molar-refractivity contribution is -0.114. The van der Waals surface area contributed by atoms with E-state index in [0.717, 1.165) is 0 Å². The van der Waals surface area contributed by atoms with E-state index in [1.807, 2.05) is 0 Å². The van der Waals surface area contributed by atoms with E-state index in [1.54, 1.807) is 18.2 Å². The Morgan fingerprint density at radius 3 is 2.36 bits per heavy atom. The quantitative estimate of drug-likeness (QED) is 0.586. The van der Waals surface area contributed by atoms with Gasteiger partial charge in [0.1, 0.15) is 5.75 Å². The summed E-state index contributed by atoms with van der Waals surface area (Å²) in [7, 11) is -2.21. The molecule has 2 aromatic carbocycles. The van der Waals surface area contributed by atoms with Crippen LogP contribution in [0.3, 0.4) is 0 Å². The molecule has 0 aliphatic carbocycles. The molecule has 2 rings (SSSR count). The molecule has 0 radical (unpaired) electrons. The Morgan fingerprint density at radius 2 is 1.79 bits per heavy atom. The van der Waals surface area contributed by atoms with Crippen LogP contribution in [-0.4, -0.2) is 33.9 Å². The van der Waals surface area contributed by atoms with Gasteiger partial charge < -0.3 is 15.4 Å². The third-order valence-electron chi connectivity index (χ3n) is 3.61. The van der Waals surface area contributed by atoms with Gasteiger partial charge in [-0.2, -0.15) is 0 Å². The lowest BCUT2D eigenvalue weighted by atomic mass is 10.2.